The summed E-state index contributed by atoms with van der Waals surface area (Å²) in [5, 5.41) is 4.75. The van der Waals surface area contributed by atoms with E-state index >= 15 is 0 Å². The van der Waals surface area contributed by atoms with Crippen molar-refractivity contribution in [1.82, 2.24) is 19.2 Å². The zero-order valence-electron chi connectivity index (χ0n) is 18.6. The Kier molecular flexibility index (Phi) is 5.72. The molecule has 1 fully saturated rings. The summed E-state index contributed by atoms with van der Waals surface area (Å²) in [6.45, 7) is 3.32. The second-order valence-electron chi connectivity index (χ2n) is 8.45. The molecule has 0 aliphatic carbocycles. The number of aromatic nitrogens is 2. The SMILES string of the molecule is C[C@H](C(=O)Nc1ccc2[nH]c(=O)[nH]c2c1)N1CCN(S(=O)(=O)c2ccc3ccccc3c2)CC1. The van der Waals surface area contributed by atoms with Crippen LogP contribution in [0.3, 0.4) is 0 Å². The average molecular weight is 480 g/mol. The topological polar surface area (TPSA) is 118 Å². The fourth-order valence-electron chi connectivity index (χ4n) is 4.33. The third kappa shape index (κ3) is 4.23. The summed E-state index contributed by atoms with van der Waals surface area (Å²) >= 11 is 0. The Labute approximate surface area is 196 Å². The lowest BCUT2D eigenvalue weighted by Crippen LogP contribution is -2.53. The van der Waals surface area contributed by atoms with Crippen LogP contribution in [-0.2, 0) is 14.8 Å². The van der Waals surface area contributed by atoms with Crippen LogP contribution < -0.4 is 11.0 Å². The van der Waals surface area contributed by atoms with Crippen molar-refractivity contribution in [2.45, 2.75) is 17.9 Å². The third-order valence-electron chi connectivity index (χ3n) is 6.34. The highest BCUT2D eigenvalue weighted by Gasteiger charge is 2.32. The molecule has 1 saturated heterocycles. The van der Waals surface area contributed by atoms with Gasteiger partial charge in [-0.05, 0) is 48.0 Å². The van der Waals surface area contributed by atoms with Gasteiger partial charge in [0.15, 0.2) is 0 Å². The number of carbonyl (C=O) groups excluding carboxylic acids is 1. The highest BCUT2D eigenvalue weighted by atomic mass is 32.2. The monoisotopic (exact) mass is 479 g/mol. The minimum Gasteiger partial charge on any atom is -0.325 e. The van der Waals surface area contributed by atoms with Gasteiger partial charge in [-0.1, -0.05) is 30.3 Å². The second-order valence-corrected chi connectivity index (χ2v) is 10.4. The van der Waals surface area contributed by atoms with E-state index in [1.807, 2.05) is 35.2 Å². The van der Waals surface area contributed by atoms with Crippen molar-refractivity contribution >= 4 is 43.4 Å². The van der Waals surface area contributed by atoms with Gasteiger partial charge in [-0.3, -0.25) is 9.69 Å². The van der Waals surface area contributed by atoms with Crippen LogP contribution in [-0.4, -0.2) is 65.7 Å². The number of fused-ring (bicyclic) bond motifs is 2. The van der Waals surface area contributed by atoms with E-state index in [4.69, 9.17) is 0 Å². The molecule has 2 heterocycles. The minimum absolute atomic E-state index is 0.192. The lowest BCUT2D eigenvalue weighted by molar-refractivity contribution is -0.121. The molecular formula is C24H25N5O4S. The summed E-state index contributed by atoms with van der Waals surface area (Å²) in [4.78, 5) is 31.8. The Morgan fingerprint density at radius 1 is 0.912 bits per heavy atom. The fraction of sp³-hybridized carbons (Fsp3) is 0.250. The molecule has 4 aromatic rings. The van der Waals surface area contributed by atoms with Crippen LogP contribution in [0, 0.1) is 0 Å². The van der Waals surface area contributed by atoms with Crippen molar-refractivity contribution in [3.05, 3.63) is 71.1 Å². The van der Waals surface area contributed by atoms with Crippen molar-refractivity contribution in [2.24, 2.45) is 0 Å². The molecule has 0 radical (unpaired) electrons. The lowest BCUT2D eigenvalue weighted by Gasteiger charge is -2.36. The molecule has 10 heteroatoms. The van der Waals surface area contributed by atoms with Gasteiger partial charge in [0.1, 0.15) is 0 Å². The van der Waals surface area contributed by atoms with Gasteiger partial charge < -0.3 is 15.3 Å². The number of benzene rings is 3. The van der Waals surface area contributed by atoms with Crippen molar-refractivity contribution in [2.75, 3.05) is 31.5 Å². The number of sulfonamides is 1. The maximum Gasteiger partial charge on any atom is 0.323 e. The quantitative estimate of drug-likeness (QED) is 0.406. The number of aromatic amines is 2. The summed E-state index contributed by atoms with van der Waals surface area (Å²) in [6.07, 6.45) is 0. The number of piperazine rings is 1. The van der Waals surface area contributed by atoms with Crippen LogP contribution in [0.25, 0.3) is 21.8 Å². The summed E-state index contributed by atoms with van der Waals surface area (Å²) in [5.41, 5.74) is 1.56. The van der Waals surface area contributed by atoms with E-state index in [1.54, 1.807) is 37.3 Å². The van der Waals surface area contributed by atoms with Crippen LogP contribution >= 0.6 is 0 Å². The number of imidazole rings is 1. The first kappa shape index (κ1) is 22.3. The fourth-order valence-corrected chi connectivity index (χ4v) is 5.79. The molecule has 1 aromatic heterocycles. The molecule has 0 saturated carbocycles. The molecule has 9 nitrogen and oxygen atoms in total. The van der Waals surface area contributed by atoms with E-state index in [1.165, 1.54) is 4.31 Å². The summed E-state index contributed by atoms with van der Waals surface area (Å²) in [7, 11) is -3.62. The van der Waals surface area contributed by atoms with Crippen molar-refractivity contribution in [1.29, 1.82) is 0 Å². The highest BCUT2D eigenvalue weighted by molar-refractivity contribution is 7.89. The van der Waals surface area contributed by atoms with Gasteiger partial charge >= 0.3 is 5.69 Å². The minimum atomic E-state index is -3.62. The molecule has 5 rings (SSSR count). The smallest absolute Gasteiger partial charge is 0.323 e. The number of hydrogen-bond donors (Lipinski definition) is 3. The average Bonchev–Trinajstić information content (AvgIpc) is 3.22. The van der Waals surface area contributed by atoms with Gasteiger partial charge in [-0.15, -0.1) is 0 Å². The standard InChI is InChI=1S/C24H25N5O4S/c1-16(23(30)25-19-7-9-21-22(15-19)27-24(31)26-21)28-10-12-29(13-11-28)34(32,33)20-8-6-17-4-2-3-5-18(17)14-20/h2-9,14-16H,10-13H2,1H3,(H,25,30)(H2,26,27,31)/t16-/m1/s1. The van der Waals surface area contributed by atoms with Gasteiger partial charge in [0.05, 0.1) is 22.0 Å². The number of nitrogens with one attached hydrogen (secondary N) is 3. The number of anilines is 1. The van der Waals surface area contributed by atoms with Gasteiger partial charge in [0.2, 0.25) is 15.9 Å². The van der Waals surface area contributed by atoms with Crippen molar-refractivity contribution < 1.29 is 13.2 Å². The Hall–Kier alpha value is -3.47. The zero-order chi connectivity index (χ0) is 23.9. The first-order valence-corrected chi connectivity index (χ1v) is 12.5. The van der Waals surface area contributed by atoms with Crippen LogP contribution in [0.2, 0.25) is 0 Å². The molecule has 0 spiro atoms. The molecular weight excluding hydrogens is 454 g/mol. The molecule has 176 valence electrons. The number of hydrogen-bond acceptors (Lipinski definition) is 5. The molecule has 3 aromatic carbocycles. The first-order valence-electron chi connectivity index (χ1n) is 11.1. The largest absolute Gasteiger partial charge is 0.325 e. The van der Waals surface area contributed by atoms with Gasteiger partial charge in [-0.2, -0.15) is 4.31 Å². The molecule has 3 N–H and O–H groups in total. The molecule has 34 heavy (non-hydrogen) atoms. The molecule has 0 bridgehead atoms. The van der Waals surface area contributed by atoms with E-state index < -0.39 is 16.1 Å². The zero-order valence-corrected chi connectivity index (χ0v) is 19.4. The van der Waals surface area contributed by atoms with Crippen LogP contribution in [0.4, 0.5) is 5.69 Å². The predicted molar refractivity (Wildman–Crippen MR) is 131 cm³/mol. The Morgan fingerprint density at radius 3 is 2.38 bits per heavy atom. The second kappa shape index (κ2) is 8.71. The van der Waals surface area contributed by atoms with E-state index in [0.717, 1.165) is 10.8 Å². The van der Waals surface area contributed by atoms with E-state index in [0.29, 0.717) is 42.9 Å². The number of carbonyl (C=O) groups is 1. The summed E-state index contributed by atoms with van der Waals surface area (Å²) in [5.74, 6) is -0.192. The number of nitrogens with zero attached hydrogens (tertiary/aromatic N) is 2. The number of H-pyrrole nitrogens is 2. The van der Waals surface area contributed by atoms with Crippen LogP contribution in [0.1, 0.15) is 6.92 Å². The van der Waals surface area contributed by atoms with Gasteiger partial charge in [0.25, 0.3) is 0 Å². The molecule has 1 aliphatic rings. The maximum atomic E-state index is 13.2. The first-order chi connectivity index (χ1) is 16.3. The van der Waals surface area contributed by atoms with Crippen molar-refractivity contribution in [3.63, 3.8) is 0 Å². The highest BCUT2D eigenvalue weighted by Crippen LogP contribution is 2.23. The lowest BCUT2D eigenvalue weighted by atomic mass is 10.1. The van der Waals surface area contributed by atoms with Crippen LogP contribution in [0.5, 0.6) is 0 Å². The Morgan fingerprint density at radius 2 is 1.62 bits per heavy atom. The van der Waals surface area contributed by atoms with E-state index in [2.05, 4.69) is 15.3 Å². The molecule has 1 amide bonds. The Bertz CT molecular complexity index is 1530. The number of amides is 1. The molecule has 1 atom stereocenters. The third-order valence-corrected chi connectivity index (χ3v) is 8.24. The van der Waals surface area contributed by atoms with Crippen LogP contribution in [0.15, 0.2) is 70.4 Å². The Balaban J connectivity index is 1.23. The van der Waals surface area contributed by atoms with E-state index in [-0.39, 0.29) is 16.5 Å². The van der Waals surface area contributed by atoms with Gasteiger partial charge in [0, 0.05) is 31.9 Å². The maximum absolute atomic E-state index is 13.2. The molecule has 1 aliphatic heterocycles. The predicted octanol–water partition coefficient (Wildman–Crippen LogP) is 2.34. The normalized spacial score (nSPS) is 16.6. The number of rotatable bonds is 5. The molecule has 0 unspecified atom stereocenters. The summed E-state index contributed by atoms with van der Waals surface area (Å²) in [6, 6.07) is 17.6. The van der Waals surface area contributed by atoms with E-state index in [9.17, 15) is 18.0 Å². The summed E-state index contributed by atoms with van der Waals surface area (Å²) < 4.78 is 27.9. The van der Waals surface area contributed by atoms with Gasteiger partial charge in [-0.25, -0.2) is 13.2 Å². The van der Waals surface area contributed by atoms with Crippen molar-refractivity contribution in [3.8, 4) is 0 Å².